The summed E-state index contributed by atoms with van der Waals surface area (Å²) in [4.78, 5) is 26.7. The molecule has 2 atom stereocenters. The van der Waals surface area contributed by atoms with Crippen molar-refractivity contribution in [2.75, 3.05) is 0 Å². The lowest BCUT2D eigenvalue weighted by molar-refractivity contribution is 0.0907. The lowest BCUT2D eigenvalue weighted by Gasteiger charge is -2.31. The topological polar surface area (TPSA) is 91.3 Å². The van der Waals surface area contributed by atoms with Gasteiger partial charge in [0.1, 0.15) is 5.69 Å². The summed E-state index contributed by atoms with van der Waals surface area (Å²) in [6, 6.07) is 4.73. The Labute approximate surface area is 111 Å². The maximum atomic E-state index is 12.0. The highest BCUT2D eigenvalue weighted by atomic mass is 16.4. The molecule has 102 valence electrons. The maximum absolute atomic E-state index is 12.0. The van der Waals surface area contributed by atoms with E-state index in [-0.39, 0.29) is 18.0 Å². The number of hydrogen-bond acceptors (Lipinski definition) is 3. The number of pyridine rings is 1. The molecule has 0 saturated heterocycles. The molecule has 6 heteroatoms. The van der Waals surface area contributed by atoms with Crippen molar-refractivity contribution in [2.24, 2.45) is 0 Å². The monoisotopic (exact) mass is 263 g/mol. The van der Waals surface area contributed by atoms with Gasteiger partial charge in [-0.05, 0) is 25.0 Å². The molecule has 2 amide bonds. The quantitative estimate of drug-likeness (QED) is 0.768. The summed E-state index contributed by atoms with van der Waals surface area (Å²) in [5.74, 6) is -0.260. The molecule has 1 aromatic heterocycles. The molecule has 6 nitrogen and oxygen atoms in total. The first-order valence-corrected chi connectivity index (χ1v) is 6.38. The minimum atomic E-state index is -1.05. The van der Waals surface area contributed by atoms with Crippen LogP contribution >= 0.6 is 0 Å². The summed E-state index contributed by atoms with van der Waals surface area (Å²) in [6.45, 7) is 0. The Balaban J connectivity index is 1.99. The Kier molecular flexibility index (Phi) is 4.33. The molecule has 1 saturated carbocycles. The molecule has 2 rings (SSSR count). The van der Waals surface area contributed by atoms with Gasteiger partial charge >= 0.3 is 6.09 Å². The number of carboxylic acid groups (broad SMARTS) is 1. The zero-order valence-corrected chi connectivity index (χ0v) is 10.5. The fraction of sp³-hybridized carbons (Fsp3) is 0.462. The van der Waals surface area contributed by atoms with Gasteiger partial charge in [0.05, 0.1) is 6.04 Å². The van der Waals surface area contributed by atoms with E-state index in [2.05, 4.69) is 15.6 Å². The van der Waals surface area contributed by atoms with Gasteiger partial charge in [0.15, 0.2) is 0 Å². The molecule has 1 heterocycles. The minimum Gasteiger partial charge on any atom is -0.465 e. The van der Waals surface area contributed by atoms with Crippen molar-refractivity contribution in [3.05, 3.63) is 30.1 Å². The molecule has 1 aliphatic rings. The number of aromatic nitrogens is 1. The second-order valence-electron chi connectivity index (χ2n) is 4.64. The Morgan fingerprint density at radius 2 is 1.84 bits per heavy atom. The van der Waals surface area contributed by atoms with Crippen molar-refractivity contribution in [3.8, 4) is 0 Å². The lowest BCUT2D eigenvalue weighted by Crippen LogP contribution is -2.53. The highest BCUT2D eigenvalue weighted by Crippen LogP contribution is 2.19. The average molecular weight is 263 g/mol. The minimum absolute atomic E-state index is 0.167. The smallest absolute Gasteiger partial charge is 0.404 e. The molecule has 0 radical (unpaired) electrons. The number of nitrogens with zero attached hydrogens (tertiary/aromatic N) is 1. The SMILES string of the molecule is O=C(O)NC1CCCCC1NC(=O)c1ccccn1. The molecular weight excluding hydrogens is 246 g/mol. The highest BCUT2D eigenvalue weighted by molar-refractivity contribution is 5.92. The number of amides is 2. The number of nitrogens with one attached hydrogen (secondary N) is 2. The van der Waals surface area contributed by atoms with Crippen LogP contribution in [0.2, 0.25) is 0 Å². The maximum Gasteiger partial charge on any atom is 0.404 e. The summed E-state index contributed by atoms with van der Waals surface area (Å²) < 4.78 is 0. The second-order valence-corrected chi connectivity index (χ2v) is 4.64. The Morgan fingerprint density at radius 3 is 2.42 bits per heavy atom. The summed E-state index contributed by atoms with van der Waals surface area (Å²) in [5.41, 5.74) is 0.349. The number of carbonyl (C=O) groups excluding carboxylic acids is 1. The first kappa shape index (κ1) is 13.3. The van der Waals surface area contributed by atoms with Crippen LogP contribution in [0.1, 0.15) is 36.2 Å². The van der Waals surface area contributed by atoms with Gasteiger partial charge in [0, 0.05) is 12.2 Å². The molecule has 2 unspecified atom stereocenters. The van der Waals surface area contributed by atoms with Gasteiger partial charge in [0.25, 0.3) is 5.91 Å². The van der Waals surface area contributed by atoms with Crippen LogP contribution < -0.4 is 10.6 Å². The molecule has 0 aliphatic heterocycles. The fourth-order valence-corrected chi connectivity index (χ4v) is 2.37. The van der Waals surface area contributed by atoms with Crippen LogP contribution in [0.4, 0.5) is 4.79 Å². The first-order valence-electron chi connectivity index (χ1n) is 6.38. The molecule has 19 heavy (non-hydrogen) atoms. The van der Waals surface area contributed by atoms with Gasteiger partial charge in [-0.15, -0.1) is 0 Å². The summed E-state index contributed by atoms with van der Waals surface area (Å²) in [7, 11) is 0. The van der Waals surface area contributed by atoms with E-state index < -0.39 is 6.09 Å². The number of carbonyl (C=O) groups is 2. The van der Waals surface area contributed by atoms with E-state index in [0.717, 1.165) is 25.7 Å². The number of rotatable bonds is 3. The van der Waals surface area contributed by atoms with Gasteiger partial charge < -0.3 is 15.7 Å². The summed E-state index contributed by atoms with van der Waals surface area (Å²) in [6.07, 6.45) is 4.00. The lowest BCUT2D eigenvalue weighted by atomic mass is 9.90. The Morgan fingerprint density at radius 1 is 1.16 bits per heavy atom. The molecule has 1 aliphatic carbocycles. The van der Waals surface area contributed by atoms with Crippen LogP contribution in [0.5, 0.6) is 0 Å². The molecular formula is C13H17N3O3. The fourth-order valence-electron chi connectivity index (χ4n) is 2.37. The summed E-state index contributed by atoms with van der Waals surface area (Å²) >= 11 is 0. The van der Waals surface area contributed by atoms with Gasteiger partial charge in [-0.3, -0.25) is 9.78 Å². The molecule has 3 N–H and O–H groups in total. The molecule has 0 aromatic carbocycles. The van der Waals surface area contributed by atoms with E-state index in [1.165, 1.54) is 0 Å². The van der Waals surface area contributed by atoms with E-state index in [1.54, 1.807) is 24.4 Å². The predicted molar refractivity (Wildman–Crippen MR) is 68.9 cm³/mol. The number of hydrogen-bond donors (Lipinski definition) is 3. The van der Waals surface area contributed by atoms with Gasteiger partial charge in [0.2, 0.25) is 0 Å². The van der Waals surface area contributed by atoms with Gasteiger partial charge in [-0.2, -0.15) is 0 Å². The molecule has 0 bridgehead atoms. The summed E-state index contributed by atoms with van der Waals surface area (Å²) in [5, 5.41) is 14.1. The zero-order valence-electron chi connectivity index (χ0n) is 10.5. The zero-order chi connectivity index (χ0) is 13.7. The van der Waals surface area contributed by atoms with Crippen molar-refractivity contribution in [2.45, 2.75) is 37.8 Å². The van der Waals surface area contributed by atoms with E-state index >= 15 is 0 Å². The highest BCUT2D eigenvalue weighted by Gasteiger charge is 2.28. The standard InChI is InChI=1S/C13H17N3O3/c17-12(11-7-3-4-8-14-11)15-9-5-1-2-6-10(9)16-13(18)19/h3-4,7-10,16H,1-2,5-6H2,(H,15,17)(H,18,19). The van der Waals surface area contributed by atoms with Crippen molar-refractivity contribution in [1.29, 1.82) is 0 Å². The van der Waals surface area contributed by atoms with E-state index in [1.807, 2.05) is 0 Å². The molecule has 0 spiro atoms. The van der Waals surface area contributed by atoms with Crippen molar-refractivity contribution < 1.29 is 14.7 Å². The Bertz CT molecular complexity index is 450. The van der Waals surface area contributed by atoms with Crippen molar-refractivity contribution in [1.82, 2.24) is 15.6 Å². The van der Waals surface area contributed by atoms with Crippen LogP contribution in [0, 0.1) is 0 Å². The van der Waals surface area contributed by atoms with Crippen molar-refractivity contribution >= 4 is 12.0 Å². The van der Waals surface area contributed by atoms with E-state index in [4.69, 9.17) is 5.11 Å². The van der Waals surface area contributed by atoms with Crippen LogP contribution in [0.3, 0.4) is 0 Å². The predicted octanol–water partition coefficient (Wildman–Crippen LogP) is 1.39. The van der Waals surface area contributed by atoms with E-state index in [0.29, 0.717) is 5.69 Å². The largest absolute Gasteiger partial charge is 0.465 e. The van der Waals surface area contributed by atoms with E-state index in [9.17, 15) is 9.59 Å². The first-order chi connectivity index (χ1) is 9.16. The van der Waals surface area contributed by atoms with Gasteiger partial charge in [-0.25, -0.2) is 4.79 Å². The van der Waals surface area contributed by atoms with Crippen LogP contribution in [-0.4, -0.2) is 34.2 Å². The third-order valence-corrected chi connectivity index (χ3v) is 3.29. The normalized spacial score (nSPS) is 22.5. The van der Waals surface area contributed by atoms with Crippen molar-refractivity contribution in [3.63, 3.8) is 0 Å². The second kappa shape index (κ2) is 6.17. The third-order valence-electron chi connectivity index (χ3n) is 3.29. The Hall–Kier alpha value is -2.11. The van der Waals surface area contributed by atoms with Gasteiger partial charge in [-0.1, -0.05) is 18.9 Å². The van der Waals surface area contributed by atoms with Crippen LogP contribution in [0.15, 0.2) is 24.4 Å². The third kappa shape index (κ3) is 3.67. The van der Waals surface area contributed by atoms with Crippen LogP contribution in [0.25, 0.3) is 0 Å². The van der Waals surface area contributed by atoms with Crippen LogP contribution in [-0.2, 0) is 0 Å². The average Bonchev–Trinajstić information content (AvgIpc) is 2.41. The molecule has 1 aromatic rings. The molecule has 1 fully saturated rings.